The zero-order chi connectivity index (χ0) is 11.9. The average Bonchev–Trinajstić information content (AvgIpc) is 2.40. The van der Waals surface area contributed by atoms with Gasteiger partial charge in [-0.3, -0.25) is 4.98 Å². The molecule has 0 amide bonds. The summed E-state index contributed by atoms with van der Waals surface area (Å²) in [6, 6.07) is 4.93. The van der Waals surface area contributed by atoms with Crippen LogP contribution in [0, 0.1) is 0 Å². The van der Waals surface area contributed by atoms with Crippen molar-refractivity contribution in [3.05, 3.63) is 30.1 Å². The number of aromatic nitrogens is 1. The molecule has 2 unspecified atom stereocenters. The van der Waals surface area contributed by atoms with Crippen molar-refractivity contribution < 1.29 is 0 Å². The van der Waals surface area contributed by atoms with Crippen LogP contribution in [-0.4, -0.2) is 29.1 Å². The van der Waals surface area contributed by atoms with Crippen molar-refractivity contribution in [2.45, 2.75) is 43.4 Å². The lowest BCUT2D eigenvalue weighted by atomic mass is 9.94. The summed E-state index contributed by atoms with van der Waals surface area (Å²) in [4.78, 5) is 4.04. The van der Waals surface area contributed by atoms with Gasteiger partial charge in [0.2, 0.25) is 0 Å². The van der Waals surface area contributed by atoms with E-state index in [-0.39, 0.29) is 0 Å². The van der Waals surface area contributed by atoms with E-state index in [1.54, 1.807) is 0 Å². The first-order chi connectivity index (χ1) is 8.40. The van der Waals surface area contributed by atoms with Crippen LogP contribution in [0.3, 0.4) is 0 Å². The third-order valence-corrected chi connectivity index (χ3v) is 4.74. The van der Waals surface area contributed by atoms with Gasteiger partial charge in [0, 0.05) is 23.7 Å². The molecule has 0 radical (unpaired) electrons. The molecule has 0 aliphatic heterocycles. The molecular formula is C14H22N2S. The molecule has 1 aromatic rings. The smallest absolute Gasteiger partial charge is 0.0270 e. The molecule has 1 N–H and O–H groups in total. The van der Waals surface area contributed by atoms with Crippen LogP contribution in [0.25, 0.3) is 0 Å². The highest BCUT2D eigenvalue weighted by Gasteiger charge is 2.23. The van der Waals surface area contributed by atoms with Crippen molar-refractivity contribution in [3.8, 4) is 0 Å². The highest BCUT2D eigenvalue weighted by molar-refractivity contribution is 7.99. The molecule has 1 saturated carbocycles. The van der Waals surface area contributed by atoms with Crippen molar-refractivity contribution in [1.82, 2.24) is 10.3 Å². The van der Waals surface area contributed by atoms with Crippen molar-refractivity contribution >= 4 is 11.8 Å². The van der Waals surface area contributed by atoms with Gasteiger partial charge < -0.3 is 5.32 Å². The van der Waals surface area contributed by atoms with Gasteiger partial charge in [0.05, 0.1) is 0 Å². The SMILES string of the molecule is CSC1CCCCC1NCCc1ccncc1. The summed E-state index contributed by atoms with van der Waals surface area (Å²) in [5.41, 5.74) is 1.38. The highest BCUT2D eigenvalue weighted by atomic mass is 32.2. The maximum atomic E-state index is 4.04. The Morgan fingerprint density at radius 1 is 1.29 bits per heavy atom. The van der Waals surface area contributed by atoms with E-state index >= 15 is 0 Å². The van der Waals surface area contributed by atoms with E-state index in [2.05, 4.69) is 28.7 Å². The Balaban J connectivity index is 1.74. The molecule has 0 spiro atoms. The zero-order valence-corrected chi connectivity index (χ0v) is 11.4. The van der Waals surface area contributed by atoms with Crippen LogP contribution in [0.5, 0.6) is 0 Å². The third-order valence-electron chi connectivity index (χ3n) is 3.57. The Morgan fingerprint density at radius 2 is 2.06 bits per heavy atom. The van der Waals surface area contributed by atoms with E-state index < -0.39 is 0 Å². The lowest BCUT2D eigenvalue weighted by molar-refractivity contribution is 0.386. The van der Waals surface area contributed by atoms with Crippen molar-refractivity contribution in [2.24, 2.45) is 0 Å². The van der Waals surface area contributed by atoms with Gasteiger partial charge in [0.15, 0.2) is 0 Å². The lowest BCUT2D eigenvalue weighted by Crippen LogP contribution is -2.41. The molecule has 2 rings (SSSR count). The largest absolute Gasteiger partial charge is 0.313 e. The molecular weight excluding hydrogens is 228 g/mol. The summed E-state index contributed by atoms with van der Waals surface area (Å²) in [7, 11) is 0. The second kappa shape index (κ2) is 7.02. The first-order valence-electron chi connectivity index (χ1n) is 6.55. The maximum absolute atomic E-state index is 4.04. The number of rotatable bonds is 5. The van der Waals surface area contributed by atoms with Gasteiger partial charge in [0.25, 0.3) is 0 Å². The summed E-state index contributed by atoms with van der Waals surface area (Å²) in [6.45, 7) is 1.09. The van der Waals surface area contributed by atoms with Crippen molar-refractivity contribution in [3.63, 3.8) is 0 Å². The number of nitrogens with zero attached hydrogens (tertiary/aromatic N) is 1. The number of hydrogen-bond donors (Lipinski definition) is 1. The quantitative estimate of drug-likeness (QED) is 0.870. The molecule has 0 bridgehead atoms. The van der Waals surface area contributed by atoms with E-state index in [1.165, 1.54) is 31.2 Å². The standard InChI is InChI=1S/C14H22N2S/c1-17-14-5-3-2-4-13(14)16-11-8-12-6-9-15-10-7-12/h6-7,9-10,13-14,16H,2-5,8,11H2,1H3. The van der Waals surface area contributed by atoms with E-state index in [0.717, 1.165) is 24.3 Å². The molecule has 1 aliphatic carbocycles. The predicted octanol–water partition coefficient (Wildman–Crippen LogP) is 2.89. The van der Waals surface area contributed by atoms with E-state index in [1.807, 2.05) is 24.2 Å². The topological polar surface area (TPSA) is 24.9 Å². The normalized spacial score (nSPS) is 24.8. The molecule has 1 aromatic heterocycles. The number of pyridine rings is 1. The van der Waals surface area contributed by atoms with Gasteiger partial charge in [-0.15, -0.1) is 0 Å². The summed E-state index contributed by atoms with van der Waals surface area (Å²) in [5, 5.41) is 4.55. The predicted molar refractivity (Wildman–Crippen MR) is 75.5 cm³/mol. The van der Waals surface area contributed by atoms with Gasteiger partial charge in [-0.2, -0.15) is 11.8 Å². The number of hydrogen-bond acceptors (Lipinski definition) is 3. The fraction of sp³-hybridized carbons (Fsp3) is 0.643. The lowest BCUT2D eigenvalue weighted by Gasteiger charge is -2.31. The summed E-state index contributed by atoms with van der Waals surface area (Å²) in [6.07, 6.45) is 12.6. The van der Waals surface area contributed by atoms with Gasteiger partial charge in [-0.25, -0.2) is 0 Å². The van der Waals surface area contributed by atoms with Crippen LogP contribution in [0.4, 0.5) is 0 Å². The van der Waals surface area contributed by atoms with E-state index in [4.69, 9.17) is 0 Å². The van der Waals surface area contributed by atoms with Crippen molar-refractivity contribution in [1.29, 1.82) is 0 Å². The van der Waals surface area contributed by atoms with Crippen LogP contribution < -0.4 is 5.32 Å². The Morgan fingerprint density at radius 3 is 2.82 bits per heavy atom. The van der Waals surface area contributed by atoms with Gasteiger partial charge in [0.1, 0.15) is 0 Å². The van der Waals surface area contributed by atoms with E-state index in [9.17, 15) is 0 Å². The summed E-state index contributed by atoms with van der Waals surface area (Å²) >= 11 is 2.03. The molecule has 1 heterocycles. The Hall–Kier alpha value is -0.540. The first-order valence-corrected chi connectivity index (χ1v) is 7.84. The molecule has 3 heteroatoms. The van der Waals surface area contributed by atoms with Crippen LogP contribution in [-0.2, 0) is 6.42 Å². The zero-order valence-electron chi connectivity index (χ0n) is 10.6. The van der Waals surface area contributed by atoms with Gasteiger partial charge in [-0.05, 0) is 49.8 Å². The number of thioether (sulfide) groups is 1. The maximum Gasteiger partial charge on any atom is 0.0270 e. The Labute approximate surface area is 109 Å². The van der Waals surface area contributed by atoms with Gasteiger partial charge in [-0.1, -0.05) is 12.8 Å². The fourth-order valence-corrected chi connectivity index (χ4v) is 3.53. The second-order valence-electron chi connectivity index (χ2n) is 4.72. The molecule has 94 valence electrons. The summed E-state index contributed by atoms with van der Waals surface area (Å²) < 4.78 is 0. The molecule has 17 heavy (non-hydrogen) atoms. The minimum absolute atomic E-state index is 0.723. The van der Waals surface area contributed by atoms with Crippen LogP contribution in [0.15, 0.2) is 24.5 Å². The number of nitrogens with one attached hydrogen (secondary N) is 1. The third kappa shape index (κ3) is 4.00. The van der Waals surface area contributed by atoms with Crippen LogP contribution in [0.2, 0.25) is 0 Å². The fourth-order valence-electron chi connectivity index (χ4n) is 2.56. The highest BCUT2D eigenvalue weighted by Crippen LogP contribution is 2.26. The molecule has 1 fully saturated rings. The molecule has 1 aliphatic rings. The minimum Gasteiger partial charge on any atom is -0.313 e. The van der Waals surface area contributed by atoms with Crippen LogP contribution >= 0.6 is 11.8 Å². The Bertz CT molecular complexity index is 315. The van der Waals surface area contributed by atoms with E-state index in [0.29, 0.717) is 0 Å². The molecule has 2 nitrogen and oxygen atoms in total. The Kier molecular flexibility index (Phi) is 5.33. The molecule has 2 atom stereocenters. The monoisotopic (exact) mass is 250 g/mol. The van der Waals surface area contributed by atoms with Crippen molar-refractivity contribution in [2.75, 3.05) is 12.8 Å². The second-order valence-corrected chi connectivity index (χ2v) is 5.80. The molecule has 0 saturated heterocycles. The first kappa shape index (κ1) is 12.9. The molecule has 0 aromatic carbocycles. The average molecular weight is 250 g/mol. The summed E-state index contributed by atoms with van der Waals surface area (Å²) in [5.74, 6) is 0. The minimum atomic E-state index is 0.723. The van der Waals surface area contributed by atoms with Gasteiger partial charge >= 0.3 is 0 Å². The van der Waals surface area contributed by atoms with Crippen LogP contribution in [0.1, 0.15) is 31.2 Å².